The van der Waals surface area contributed by atoms with Gasteiger partial charge in [0.2, 0.25) is 5.91 Å². The molecule has 0 aliphatic rings. The Morgan fingerprint density at radius 1 is 1.00 bits per heavy atom. The highest BCUT2D eigenvalue weighted by molar-refractivity contribution is 5.76. The lowest BCUT2D eigenvalue weighted by Gasteiger charge is -2.11. The van der Waals surface area contributed by atoms with Crippen molar-refractivity contribution in [2.24, 2.45) is 0 Å². The van der Waals surface area contributed by atoms with E-state index in [-0.39, 0.29) is 18.1 Å². The highest BCUT2D eigenvalue weighted by Gasteiger charge is 2.10. The van der Waals surface area contributed by atoms with Crippen molar-refractivity contribution in [2.45, 2.75) is 31.9 Å². The van der Waals surface area contributed by atoms with Crippen LogP contribution in [0.5, 0.6) is 5.75 Å². The number of aryl methyl sites for hydroxylation is 1. The predicted octanol–water partition coefficient (Wildman–Crippen LogP) is 2.39. The van der Waals surface area contributed by atoms with Crippen LogP contribution in [0.3, 0.4) is 0 Å². The van der Waals surface area contributed by atoms with E-state index in [1.54, 1.807) is 12.1 Å². The van der Waals surface area contributed by atoms with Gasteiger partial charge in [-0.2, -0.15) is 0 Å². The average molecular weight is 299 g/mol. The molecule has 2 rings (SSSR count). The Labute approximate surface area is 130 Å². The molecule has 1 amide bonds. The fourth-order valence-electron chi connectivity index (χ4n) is 2.18. The first-order chi connectivity index (χ1) is 10.6. The van der Waals surface area contributed by atoms with Crippen molar-refractivity contribution in [3.63, 3.8) is 0 Å². The van der Waals surface area contributed by atoms with Crippen molar-refractivity contribution < 1.29 is 15.0 Å². The summed E-state index contributed by atoms with van der Waals surface area (Å²) in [6.07, 6.45) is 0.631. The highest BCUT2D eigenvalue weighted by atomic mass is 16.3. The van der Waals surface area contributed by atoms with E-state index in [0.717, 1.165) is 11.1 Å². The lowest BCUT2D eigenvalue weighted by Crippen LogP contribution is -2.27. The van der Waals surface area contributed by atoms with Gasteiger partial charge >= 0.3 is 0 Å². The van der Waals surface area contributed by atoms with Crippen LogP contribution in [0.1, 0.15) is 24.0 Å². The zero-order valence-electron chi connectivity index (χ0n) is 12.4. The minimum absolute atomic E-state index is 0.102. The summed E-state index contributed by atoms with van der Waals surface area (Å²) < 4.78 is 0. The van der Waals surface area contributed by atoms with Crippen molar-refractivity contribution in [2.75, 3.05) is 0 Å². The second-order valence-electron chi connectivity index (χ2n) is 5.33. The molecule has 22 heavy (non-hydrogen) atoms. The first-order valence-electron chi connectivity index (χ1n) is 7.40. The Balaban J connectivity index is 1.68. The number of hydrogen-bond acceptors (Lipinski definition) is 3. The average Bonchev–Trinajstić information content (AvgIpc) is 2.53. The standard InChI is InChI=1S/C18H21NO3/c20-16-9-6-14(7-10-16)8-11-17(21)12-18(22)19-13-15-4-2-1-3-5-15/h1-7,9-10,17,20-21H,8,11-13H2,(H,19,22). The van der Waals surface area contributed by atoms with Crippen LogP contribution in [0.4, 0.5) is 0 Å². The summed E-state index contributed by atoms with van der Waals surface area (Å²) in [5.41, 5.74) is 2.07. The number of phenols is 1. The number of rotatable bonds is 7. The van der Waals surface area contributed by atoms with Gasteiger partial charge in [-0.1, -0.05) is 42.5 Å². The molecule has 4 heteroatoms. The van der Waals surface area contributed by atoms with Crippen LogP contribution in [-0.4, -0.2) is 22.2 Å². The fraction of sp³-hybridized carbons (Fsp3) is 0.278. The number of carbonyl (C=O) groups excluding carboxylic acids is 1. The summed E-state index contributed by atoms with van der Waals surface area (Å²) in [7, 11) is 0. The van der Waals surface area contributed by atoms with Crippen LogP contribution >= 0.6 is 0 Å². The maximum Gasteiger partial charge on any atom is 0.222 e. The third kappa shape index (κ3) is 5.58. The normalized spacial score (nSPS) is 11.9. The lowest BCUT2D eigenvalue weighted by molar-refractivity contribution is -0.123. The van der Waals surface area contributed by atoms with Gasteiger partial charge in [0, 0.05) is 6.54 Å². The van der Waals surface area contributed by atoms with Gasteiger partial charge in [0.05, 0.1) is 12.5 Å². The molecule has 0 radical (unpaired) electrons. The van der Waals surface area contributed by atoms with Crippen LogP contribution in [0.15, 0.2) is 54.6 Å². The van der Waals surface area contributed by atoms with Crippen LogP contribution in [0.2, 0.25) is 0 Å². The van der Waals surface area contributed by atoms with Gasteiger partial charge in [-0.05, 0) is 36.1 Å². The Hall–Kier alpha value is -2.33. The summed E-state index contributed by atoms with van der Waals surface area (Å²) in [6.45, 7) is 0.477. The Kier molecular flexibility index (Phi) is 5.98. The molecule has 116 valence electrons. The molecule has 0 saturated heterocycles. The zero-order valence-corrected chi connectivity index (χ0v) is 12.4. The topological polar surface area (TPSA) is 69.6 Å². The van der Waals surface area contributed by atoms with Crippen LogP contribution in [-0.2, 0) is 17.8 Å². The molecule has 0 heterocycles. The molecule has 1 unspecified atom stereocenters. The molecule has 4 nitrogen and oxygen atoms in total. The molecule has 0 bridgehead atoms. The number of carbonyl (C=O) groups is 1. The Morgan fingerprint density at radius 3 is 2.36 bits per heavy atom. The van der Waals surface area contributed by atoms with E-state index in [9.17, 15) is 15.0 Å². The molecule has 3 N–H and O–H groups in total. The molecule has 0 aliphatic heterocycles. The van der Waals surface area contributed by atoms with Gasteiger partial charge in [-0.3, -0.25) is 4.79 Å². The molecular weight excluding hydrogens is 278 g/mol. The quantitative estimate of drug-likeness (QED) is 0.735. The fourth-order valence-corrected chi connectivity index (χ4v) is 2.18. The first-order valence-corrected chi connectivity index (χ1v) is 7.40. The number of nitrogens with one attached hydrogen (secondary N) is 1. The minimum atomic E-state index is -0.662. The molecule has 0 fully saturated rings. The predicted molar refractivity (Wildman–Crippen MR) is 85.3 cm³/mol. The Bertz CT molecular complexity index is 581. The summed E-state index contributed by atoms with van der Waals surface area (Å²) in [5, 5.41) is 21.9. The van der Waals surface area contributed by atoms with Crippen molar-refractivity contribution in [3.05, 3.63) is 65.7 Å². The SMILES string of the molecule is O=C(CC(O)CCc1ccc(O)cc1)NCc1ccccc1. The maximum atomic E-state index is 11.8. The number of benzene rings is 2. The second kappa shape index (κ2) is 8.20. The van der Waals surface area contributed by atoms with E-state index in [1.807, 2.05) is 42.5 Å². The number of aliphatic hydroxyl groups excluding tert-OH is 1. The maximum absolute atomic E-state index is 11.8. The van der Waals surface area contributed by atoms with Gasteiger partial charge in [-0.25, -0.2) is 0 Å². The third-order valence-electron chi connectivity index (χ3n) is 3.46. The smallest absolute Gasteiger partial charge is 0.222 e. The second-order valence-corrected chi connectivity index (χ2v) is 5.33. The third-order valence-corrected chi connectivity index (χ3v) is 3.46. The van der Waals surface area contributed by atoms with E-state index in [4.69, 9.17) is 0 Å². The van der Waals surface area contributed by atoms with E-state index in [0.29, 0.717) is 19.4 Å². The summed E-state index contributed by atoms with van der Waals surface area (Å²) >= 11 is 0. The Morgan fingerprint density at radius 2 is 1.68 bits per heavy atom. The van der Waals surface area contributed by atoms with Crippen molar-refractivity contribution in [1.82, 2.24) is 5.32 Å². The lowest BCUT2D eigenvalue weighted by atomic mass is 10.0. The summed E-state index contributed by atoms with van der Waals surface area (Å²) in [6, 6.07) is 16.5. The van der Waals surface area contributed by atoms with Gasteiger partial charge in [-0.15, -0.1) is 0 Å². The first kappa shape index (κ1) is 16.0. The molecule has 0 aromatic heterocycles. The van der Waals surface area contributed by atoms with Crippen LogP contribution < -0.4 is 5.32 Å². The number of aliphatic hydroxyl groups is 1. The molecule has 0 spiro atoms. The number of phenolic OH excluding ortho intramolecular Hbond substituents is 1. The molecular formula is C18H21NO3. The van der Waals surface area contributed by atoms with Crippen LogP contribution in [0, 0.1) is 0 Å². The van der Waals surface area contributed by atoms with E-state index < -0.39 is 6.10 Å². The summed E-state index contributed by atoms with van der Waals surface area (Å²) in [4.78, 5) is 11.8. The van der Waals surface area contributed by atoms with Crippen molar-refractivity contribution in [3.8, 4) is 5.75 Å². The van der Waals surface area contributed by atoms with Crippen LogP contribution in [0.25, 0.3) is 0 Å². The van der Waals surface area contributed by atoms with Crippen molar-refractivity contribution in [1.29, 1.82) is 0 Å². The van der Waals surface area contributed by atoms with Gasteiger partial charge < -0.3 is 15.5 Å². The number of hydrogen-bond donors (Lipinski definition) is 3. The molecule has 1 atom stereocenters. The van der Waals surface area contributed by atoms with Gasteiger partial charge in [0.25, 0.3) is 0 Å². The molecule has 2 aromatic carbocycles. The number of aromatic hydroxyl groups is 1. The van der Waals surface area contributed by atoms with E-state index >= 15 is 0 Å². The summed E-state index contributed by atoms with van der Waals surface area (Å²) in [5.74, 6) is 0.0756. The largest absolute Gasteiger partial charge is 0.508 e. The van der Waals surface area contributed by atoms with Crippen molar-refractivity contribution >= 4 is 5.91 Å². The monoisotopic (exact) mass is 299 g/mol. The zero-order chi connectivity index (χ0) is 15.8. The molecule has 2 aromatic rings. The molecule has 0 aliphatic carbocycles. The highest BCUT2D eigenvalue weighted by Crippen LogP contribution is 2.12. The van der Waals surface area contributed by atoms with E-state index in [2.05, 4.69) is 5.32 Å². The minimum Gasteiger partial charge on any atom is -0.508 e. The number of amides is 1. The van der Waals surface area contributed by atoms with Gasteiger partial charge in [0.1, 0.15) is 5.75 Å². The van der Waals surface area contributed by atoms with E-state index in [1.165, 1.54) is 0 Å². The molecule has 0 saturated carbocycles. The van der Waals surface area contributed by atoms with Gasteiger partial charge in [0.15, 0.2) is 0 Å².